The van der Waals surface area contributed by atoms with E-state index in [2.05, 4.69) is 5.32 Å². The summed E-state index contributed by atoms with van der Waals surface area (Å²) >= 11 is 1.51. The Morgan fingerprint density at radius 1 is 1.33 bits per heavy atom. The number of hydrogen-bond donors (Lipinski definition) is 2. The molecule has 0 bridgehead atoms. The van der Waals surface area contributed by atoms with Gasteiger partial charge in [-0.25, -0.2) is 4.79 Å². The first-order valence-electron chi connectivity index (χ1n) is 6.56. The molecule has 0 spiro atoms. The molecular formula is C15H14N2O3S. The van der Waals surface area contributed by atoms with Crippen LogP contribution in [0.2, 0.25) is 0 Å². The average Bonchev–Trinajstić information content (AvgIpc) is 3.07. The van der Waals surface area contributed by atoms with Crippen molar-refractivity contribution in [3.05, 3.63) is 46.7 Å². The Bertz CT molecular complexity index is 669. The molecule has 2 heterocycles. The van der Waals surface area contributed by atoms with Gasteiger partial charge in [0.2, 0.25) is 0 Å². The third-order valence-corrected chi connectivity index (χ3v) is 4.19. The molecule has 1 atom stereocenters. The minimum Gasteiger partial charge on any atom is -0.481 e. The van der Waals surface area contributed by atoms with Crippen molar-refractivity contribution in [3.63, 3.8) is 0 Å². The first-order chi connectivity index (χ1) is 10.1. The van der Waals surface area contributed by atoms with Gasteiger partial charge in [0.25, 0.3) is 0 Å². The number of urea groups is 1. The number of fused-ring (bicyclic) bond motifs is 1. The molecule has 2 aromatic rings. The van der Waals surface area contributed by atoms with Crippen molar-refractivity contribution in [2.75, 3.05) is 16.8 Å². The quantitative estimate of drug-likeness (QED) is 0.913. The number of amides is 2. The van der Waals surface area contributed by atoms with Crippen LogP contribution in [0, 0.1) is 0 Å². The van der Waals surface area contributed by atoms with Gasteiger partial charge in [-0.15, -0.1) is 0 Å². The molecule has 1 aromatic heterocycles. The Labute approximate surface area is 125 Å². The van der Waals surface area contributed by atoms with Crippen LogP contribution in [-0.2, 0) is 4.79 Å². The van der Waals surface area contributed by atoms with Crippen LogP contribution >= 0.6 is 11.3 Å². The van der Waals surface area contributed by atoms with E-state index in [1.807, 2.05) is 41.1 Å². The molecule has 0 saturated heterocycles. The molecule has 1 aromatic carbocycles. The van der Waals surface area contributed by atoms with Gasteiger partial charge in [-0.1, -0.05) is 18.2 Å². The summed E-state index contributed by atoms with van der Waals surface area (Å²) in [5.41, 5.74) is 2.46. The van der Waals surface area contributed by atoms with Crippen LogP contribution in [0.1, 0.15) is 17.9 Å². The van der Waals surface area contributed by atoms with Crippen molar-refractivity contribution in [1.82, 2.24) is 0 Å². The van der Waals surface area contributed by atoms with E-state index < -0.39 is 5.97 Å². The van der Waals surface area contributed by atoms with E-state index in [1.165, 1.54) is 11.3 Å². The van der Waals surface area contributed by atoms with Gasteiger partial charge in [0.15, 0.2) is 0 Å². The lowest BCUT2D eigenvalue weighted by molar-refractivity contribution is -0.137. The highest BCUT2D eigenvalue weighted by molar-refractivity contribution is 7.08. The Hall–Kier alpha value is -2.34. The van der Waals surface area contributed by atoms with E-state index in [0.717, 1.165) is 16.9 Å². The van der Waals surface area contributed by atoms with Gasteiger partial charge >= 0.3 is 12.0 Å². The highest BCUT2D eigenvalue weighted by atomic mass is 32.1. The fraction of sp³-hybridized carbons (Fsp3) is 0.200. The van der Waals surface area contributed by atoms with Crippen molar-refractivity contribution in [3.8, 4) is 0 Å². The van der Waals surface area contributed by atoms with E-state index in [0.29, 0.717) is 6.54 Å². The third kappa shape index (κ3) is 2.75. The molecule has 3 rings (SSSR count). The molecule has 1 aliphatic heterocycles. The Morgan fingerprint density at radius 2 is 2.14 bits per heavy atom. The minimum absolute atomic E-state index is 0.0270. The molecule has 1 unspecified atom stereocenters. The topological polar surface area (TPSA) is 69.6 Å². The predicted molar refractivity (Wildman–Crippen MR) is 82.1 cm³/mol. The maximum Gasteiger partial charge on any atom is 0.326 e. The van der Waals surface area contributed by atoms with Crippen LogP contribution in [0.5, 0.6) is 0 Å². The molecule has 0 aliphatic carbocycles. The van der Waals surface area contributed by atoms with Crippen molar-refractivity contribution in [2.24, 2.45) is 0 Å². The van der Waals surface area contributed by atoms with Crippen molar-refractivity contribution < 1.29 is 14.7 Å². The lowest BCUT2D eigenvalue weighted by atomic mass is 9.98. The van der Waals surface area contributed by atoms with E-state index in [4.69, 9.17) is 5.11 Å². The maximum atomic E-state index is 12.4. The third-order valence-electron chi connectivity index (χ3n) is 3.51. The molecule has 6 heteroatoms. The Balaban J connectivity index is 1.83. The number of nitrogens with one attached hydrogen (secondary N) is 1. The predicted octanol–water partition coefficient (Wildman–Crippen LogP) is 3.36. The zero-order valence-corrected chi connectivity index (χ0v) is 12.0. The summed E-state index contributed by atoms with van der Waals surface area (Å²) in [4.78, 5) is 25.0. The van der Waals surface area contributed by atoms with Gasteiger partial charge in [0.05, 0.1) is 12.1 Å². The SMILES string of the molecule is O=C(O)CC1CN(C(=O)Nc2ccsc2)c2ccccc21. The van der Waals surface area contributed by atoms with Gasteiger partial charge in [0.1, 0.15) is 0 Å². The Morgan fingerprint density at radius 3 is 2.86 bits per heavy atom. The molecular weight excluding hydrogens is 288 g/mol. The van der Waals surface area contributed by atoms with Gasteiger partial charge in [-0.2, -0.15) is 11.3 Å². The van der Waals surface area contributed by atoms with Crippen LogP contribution in [0.25, 0.3) is 0 Å². The summed E-state index contributed by atoms with van der Waals surface area (Å²) in [7, 11) is 0. The van der Waals surface area contributed by atoms with Crippen LogP contribution in [0.4, 0.5) is 16.2 Å². The maximum absolute atomic E-state index is 12.4. The second-order valence-corrected chi connectivity index (χ2v) is 5.69. The smallest absolute Gasteiger partial charge is 0.326 e. The second kappa shape index (κ2) is 5.57. The summed E-state index contributed by atoms with van der Waals surface area (Å²) in [5, 5.41) is 15.6. The molecule has 21 heavy (non-hydrogen) atoms. The zero-order chi connectivity index (χ0) is 14.8. The monoisotopic (exact) mass is 302 g/mol. The number of para-hydroxylation sites is 1. The first kappa shape index (κ1) is 13.6. The van der Waals surface area contributed by atoms with Gasteiger partial charge in [0, 0.05) is 23.5 Å². The number of benzene rings is 1. The molecule has 2 amide bonds. The van der Waals surface area contributed by atoms with Gasteiger partial charge in [-0.05, 0) is 23.1 Å². The fourth-order valence-electron chi connectivity index (χ4n) is 2.60. The van der Waals surface area contributed by atoms with Crippen LogP contribution in [-0.4, -0.2) is 23.7 Å². The van der Waals surface area contributed by atoms with E-state index >= 15 is 0 Å². The second-order valence-electron chi connectivity index (χ2n) is 4.91. The summed E-state index contributed by atoms with van der Waals surface area (Å²) in [6.07, 6.45) is 0.0270. The molecule has 0 radical (unpaired) electrons. The van der Waals surface area contributed by atoms with E-state index in [-0.39, 0.29) is 18.4 Å². The summed E-state index contributed by atoms with van der Waals surface area (Å²) in [6, 6.07) is 9.07. The molecule has 1 aliphatic rings. The van der Waals surface area contributed by atoms with E-state index in [1.54, 1.807) is 4.90 Å². The van der Waals surface area contributed by atoms with Gasteiger partial charge in [-0.3, -0.25) is 9.69 Å². The highest BCUT2D eigenvalue weighted by Crippen LogP contribution is 2.38. The number of rotatable bonds is 3. The summed E-state index contributed by atoms with van der Waals surface area (Å²) in [6.45, 7) is 0.390. The van der Waals surface area contributed by atoms with Crippen molar-refractivity contribution in [2.45, 2.75) is 12.3 Å². The first-order valence-corrected chi connectivity index (χ1v) is 7.51. The number of carboxylic acid groups (broad SMARTS) is 1. The van der Waals surface area contributed by atoms with E-state index in [9.17, 15) is 9.59 Å². The molecule has 0 fully saturated rings. The minimum atomic E-state index is -0.852. The lowest BCUT2D eigenvalue weighted by Crippen LogP contribution is -2.34. The van der Waals surface area contributed by atoms with Crippen LogP contribution < -0.4 is 10.2 Å². The number of anilines is 2. The summed E-state index contributed by atoms with van der Waals surface area (Å²) in [5.74, 6) is -1.01. The zero-order valence-electron chi connectivity index (χ0n) is 11.2. The molecule has 0 saturated carbocycles. The number of nitrogens with zero attached hydrogens (tertiary/aromatic N) is 1. The Kier molecular flexibility index (Phi) is 3.62. The number of carbonyl (C=O) groups is 2. The molecule has 2 N–H and O–H groups in total. The number of hydrogen-bond acceptors (Lipinski definition) is 3. The van der Waals surface area contributed by atoms with Crippen molar-refractivity contribution in [1.29, 1.82) is 0 Å². The number of thiophene rings is 1. The average molecular weight is 302 g/mol. The fourth-order valence-corrected chi connectivity index (χ4v) is 3.19. The lowest BCUT2D eigenvalue weighted by Gasteiger charge is -2.18. The highest BCUT2D eigenvalue weighted by Gasteiger charge is 2.33. The van der Waals surface area contributed by atoms with Crippen molar-refractivity contribution >= 4 is 34.7 Å². The largest absolute Gasteiger partial charge is 0.481 e. The van der Waals surface area contributed by atoms with Crippen LogP contribution in [0.3, 0.4) is 0 Å². The molecule has 5 nitrogen and oxygen atoms in total. The number of aliphatic carboxylic acids is 1. The normalized spacial score (nSPS) is 16.6. The van der Waals surface area contributed by atoms with Crippen LogP contribution in [0.15, 0.2) is 41.1 Å². The molecule has 108 valence electrons. The van der Waals surface area contributed by atoms with Gasteiger partial charge < -0.3 is 10.4 Å². The number of carboxylic acids is 1. The standard InChI is InChI=1S/C15H14N2O3S/c18-14(19)7-10-8-17(13-4-2-1-3-12(10)13)15(20)16-11-5-6-21-9-11/h1-6,9-10H,7-8H2,(H,16,20)(H,18,19). The summed E-state index contributed by atoms with van der Waals surface area (Å²) < 4.78 is 0. The number of carbonyl (C=O) groups excluding carboxylic acids is 1.